The van der Waals surface area contributed by atoms with Gasteiger partial charge < -0.3 is 0 Å². The van der Waals surface area contributed by atoms with E-state index in [1.165, 1.54) is 27.8 Å². The number of pyridine rings is 1. The Morgan fingerprint density at radius 1 is 0.386 bits per heavy atom. The van der Waals surface area contributed by atoms with Crippen LogP contribution in [0.1, 0.15) is 11.1 Å². The number of aryl methyl sites for hydroxylation is 2. The van der Waals surface area contributed by atoms with Gasteiger partial charge in [0.05, 0.1) is 17.1 Å². The molecule has 0 aliphatic carbocycles. The summed E-state index contributed by atoms with van der Waals surface area (Å²) in [5, 5.41) is 0. The van der Waals surface area contributed by atoms with Crippen LogP contribution in [0, 0.1) is 13.8 Å². The number of nitrogens with zero attached hydrogens (tertiary/aromatic N) is 3. The van der Waals surface area contributed by atoms with Gasteiger partial charge in [-0.2, -0.15) is 0 Å². The van der Waals surface area contributed by atoms with Gasteiger partial charge in [0.2, 0.25) is 0 Å². The van der Waals surface area contributed by atoms with Crippen LogP contribution in [0.25, 0.3) is 67.4 Å². The van der Waals surface area contributed by atoms with Crippen molar-refractivity contribution >= 4 is 0 Å². The summed E-state index contributed by atoms with van der Waals surface area (Å²) >= 11 is 0. The monoisotopic (exact) mass is 565 g/mol. The van der Waals surface area contributed by atoms with Crippen molar-refractivity contribution in [3.63, 3.8) is 0 Å². The minimum Gasteiger partial charge on any atom is -0.256 e. The van der Waals surface area contributed by atoms with Gasteiger partial charge in [0.1, 0.15) is 0 Å². The fourth-order valence-corrected chi connectivity index (χ4v) is 5.85. The summed E-state index contributed by atoms with van der Waals surface area (Å²) in [6, 6.07) is 50.5. The SMILES string of the molecule is Cc1cccc(C)c1-c1cc(-c2cc(-c3ccccc3)nc(-c3ccccc3)n2)ccc1-c1cccc(-c2ccccn2)c1. The van der Waals surface area contributed by atoms with Crippen LogP contribution in [0.5, 0.6) is 0 Å². The molecule has 0 aliphatic heterocycles. The predicted octanol–water partition coefficient (Wildman–Crippen LogP) is 10.5. The zero-order valence-electron chi connectivity index (χ0n) is 24.8. The second kappa shape index (κ2) is 11.9. The summed E-state index contributed by atoms with van der Waals surface area (Å²) < 4.78 is 0. The van der Waals surface area contributed by atoms with Crippen LogP contribution in [0.3, 0.4) is 0 Å². The first-order valence-electron chi connectivity index (χ1n) is 14.9. The minimum atomic E-state index is 0.711. The molecule has 0 fully saturated rings. The second-order valence-electron chi connectivity index (χ2n) is 11.0. The smallest absolute Gasteiger partial charge is 0.160 e. The molecule has 0 bridgehead atoms. The van der Waals surface area contributed by atoms with Crippen LogP contribution in [0.4, 0.5) is 0 Å². The third-order valence-corrected chi connectivity index (χ3v) is 8.03. The molecule has 0 spiro atoms. The number of aromatic nitrogens is 3. The molecule has 2 aromatic heterocycles. The molecule has 0 radical (unpaired) electrons. The van der Waals surface area contributed by atoms with E-state index in [2.05, 4.69) is 116 Å². The molecular weight excluding hydrogens is 534 g/mol. The van der Waals surface area contributed by atoms with Crippen molar-refractivity contribution in [2.75, 3.05) is 0 Å². The Balaban J connectivity index is 1.44. The molecule has 3 nitrogen and oxygen atoms in total. The number of hydrogen-bond donors (Lipinski definition) is 0. The Hall–Kier alpha value is -5.67. The molecule has 0 aliphatic rings. The van der Waals surface area contributed by atoms with E-state index in [0.717, 1.165) is 44.9 Å². The molecule has 0 atom stereocenters. The van der Waals surface area contributed by atoms with E-state index in [1.807, 2.05) is 54.7 Å². The first-order valence-corrected chi connectivity index (χ1v) is 14.9. The van der Waals surface area contributed by atoms with Crippen LogP contribution < -0.4 is 0 Å². The van der Waals surface area contributed by atoms with Gasteiger partial charge in [0.25, 0.3) is 0 Å². The Kier molecular flexibility index (Phi) is 7.35. The predicted molar refractivity (Wildman–Crippen MR) is 182 cm³/mol. The van der Waals surface area contributed by atoms with E-state index in [4.69, 9.17) is 9.97 Å². The van der Waals surface area contributed by atoms with Gasteiger partial charge in [-0.3, -0.25) is 4.98 Å². The van der Waals surface area contributed by atoms with Crippen molar-refractivity contribution in [2.24, 2.45) is 0 Å². The average Bonchev–Trinajstić information content (AvgIpc) is 3.09. The van der Waals surface area contributed by atoms with Gasteiger partial charge in [0.15, 0.2) is 5.82 Å². The molecule has 5 aromatic carbocycles. The molecule has 2 heterocycles. The Labute approximate surface area is 258 Å². The van der Waals surface area contributed by atoms with Gasteiger partial charge in [-0.1, -0.05) is 115 Å². The average molecular weight is 566 g/mol. The van der Waals surface area contributed by atoms with Crippen LogP contribution in [-0.4, -0.2) is 15.0 Å². The van der Waals surface area contributed by atoms with Crippen LogP contribution >= 0.6 is 0 Å². The fourth-order valence-electron chi connectivity index (χ4n) is 5.85. The summed E-state index contributed by atoms with van der Waals surface area (Å²) in [4.78, 5) is 14.7. The van der Waals surface area contributed by atoms with Crippen molar-refractivity contribution < 1.29 is 0 Å². The molecule has 0 unspecified atom stereocenters. The summed E-state index contributed by atoms with van der Waals surface area (Å²) in [7, 11) is 0. The zero-order chi connectivity index (χ0) is 29.9. The first kappa shape index (κ1) is 27.2. The van der Waals surface area contributed by atoms with Crippen molar-refractivity contribution in [3.8, 4) is 67.4 Å². The normalized spacial score (nSPS) is 11.0. The van der Waals surface area contributed by atoms with E-state index < -0.39 is 0 Å². The van der Waals surface area contributed by atoms with Crippen molar-refractivity contribution in [1.29, 1.82) is 0 Å². The van der Waals surface area contributed by atoms with Crippen molar-refractivity contribution in [1.82, 2.24) is 15.0 Å². The number of hydrogen-bond acceptors (Lipinski definition) is 3. The molecule has 7 rings (SSSR count). The van der Waals surface area contributed by atoms with Gasteiger partial charge in [-0.05, 0) is 77.6 Å². The lowest BCUT2D eigenvalue weighted by Gasteiger charge is -2.18. The molecule has 0 N–H and O–H groups in total. The third kappa shape index (κ3) is 5.44. The van der Waals surface area contributed by atoms with E-state index in [0.29, 0.717) is 5.82 Å². The van der Waals surface area contributed by atoms with Gasteiger partial charge in [-0.15, -0.1) is 0 Å². The van der Waals surface area contributed by atoms with E-state index in [-0.39, 0.29) is 0 Å². The molecule has 0 saturated carbocycles. The topological polar surface area (TPSA) is 38.7 Å². The lowest BCUT2D eigenvalue weighted by atomic mass is 9.87. The first-order chi connectivity index (χ1) is 21.6. The summed E-state index contributed by atoms with van der Waals surface area (Å²) in [6.07, 6.45) is 1.84. The van der Waals surface area contributed by atoms with E-state index in [9.17, 15) is 0 Å². The van der Waals surface area contributed by atoms with Crippen molar-refractivity contribution in [3.05, 3.63) is 163 Å². The molecule has 0 saturated heterocycles. The Bertz CT molecular complexity index is 1990. The molecular formula is C41H31N3. The maximum atomic E-state index is 5.12. The summed E-state index contributed by atoms with van der Waals surface area (Å²) in [5.41, 5.74) is 14.2. The van der Waals surface area contributed by atoms with Gasteiger partial charge in [-0.25, -0.2) is 9.97 Å². The molecule has 44 heavy (non-hydrogen) atoms. The summed E-state index contributed by atoms with van der Waals surface area (Å²) in [6.45, 7) is 4.38. The highest BCUT2D eigenvalue weighted by atomic mass is 14.9. The fraction of sp³-hybridized carbons (Fsp3) is 0.0488. The maximum Gasteiger partial charge on any atom is 0.160 e. The van der Waals surface area contributed by atoms with Gasteiger partial charge in [0, 0.05) is 28.5 Å². The maximum absolute atomic E-state index is 5.12. The highest BCUT2D eigenvalue weighted by Crippen LogP contribution is 2.40. The van der Waals surface area contributed by atoms with Crippen molar-refractivity contribution in [2.45, 2.75) is 13.8 Å². The van der Waals surface area contributed by atoms with Crippen LogP contribution in [0.2, 0.25) is 0 Å². The molecule has 3 heteroatoms. The number of rotatable bonds is 6. The summed E-state index contributed by atoms with van der Waals surface area (Å²) in [5.74, 6) is 0.711. The highest BCUT2D eigenvalue weighted by molar-refractivity contribution is 5.90. The lowest BCUT2D eigenvalue weighted by Crippen LogP contribution is -1.97. The Morgan fingerprint density at radius 3 is 1.68 bits per heavy atom. The lowest BCUT2D eigenvalue weighted by molar-refractivity contribution is 1.18. The molecule has 0 amide bonds. The van der Waals surface area contributed by atoms with Crippen LogP contribution in [-0.2, 0) is 0 Å². The van der Waals surface area contributed by atoms with Crippen LogP contribution in [0.15, 0.2) is 152 Å². The molecule has 7 aromatic rings. The van der Waals surface area contributed by atoms with E-state index >= 15 is 0 Å². The minimum absolute atomic E-state index is 0.711. The third-order valence-electron chi connectivity index (χ3n) is 8.03. The largest absolute Gasteiger partial charge is 0.256 e. The highest BCUT2D eigenvalue weighted by Gasteiger charge is 2.17. The zero-order valence-corrected chi connectivity index (χ0v) is 24.8. The standard InChI is InChI=1S/C41H31N3/c1-28-13-11-14-29(2)40(28)36-26-34(22-23-35(36)32-19-12-20-33(25-32)37-21-9-10-24-42-37)39-27-38(30-15-5-3-6-16-30)43-41(44-39)31-17-7-4-8-18-31/h3-27H,1-2H3. The molecule has 210 valence electrons. The van der Waals surface area contributed by atoms with E-state index in [1.54, 1.807) is 0 Å². The quantitative estimate of drug-likeness (QED) is 0.201. The van der Waals surface area contributed by atoms with Gasteiger partial charge >= 0.3 is 0 Å². The number of benzene rings is 5. The second-order valence-corrected chi connectivity index (χ2v) is 11.0. The Morgan fingerprint density at radius 2 is 0.977 bits per heavy atom.